The van der Waals surface area contributed by atoms with Crippen LogP contribution < -0.4 is 5.32 Å². The molecule has 2 aliphatic rings. The fourth-order valence-electron chi connectivity index (χ4n) is 2.87. The molecule has 0 bridgehead atoms. The highest BCUT2D eigenvalue weighted by molar-refractivity contribution is 5.91. The molecule has 1 saturated heterocycles. The first kappa shape index (κ1) is 11.2. The Hall–Kier alpha value is -1.26. The molecule has 0 aromatic heterocycles. The van der Waals surface area contributed by atoms with Crippen LogP contribution in [0.5, 0.6) is 0 Å². The highest BCUT2D eigenvalue weighted by Crippen LogP contribution is 2.36. The summed E-state index contributed by atoms with van der Waals surface area (Å²) in [5.41, 5.74) is -0.781. The van der Waals surface area contributed by atoms with Crippen LogP contribution in [0.1, 0.15) is 39.0 Å². The summed E-state index contributed by atoms with van der Waals surface area (Å²) in [7, 11) is 0. The lowest BCUT2D eigenvalue weighted by Gasteiger charge is -2.48. The van der Waals surface area contributed by atoms with Gasteiger partial charge in [-0.2, -0.15) is 0 Å². The van der Waals surface area contributed by atoms with Crippen LogP contribution in [0.25, 0.3) is 0 Å². The number of nitrogens with zero attached hydrogens (tertiary/aromatic N) is 1. The topological polar surface area (TPSA) is 69.6 Å². The number of carbonyl (C=O) groups excluding carboxylic acids is 1. The van der Waals surface area contributed by atoms with Crippen molar-refractivity contribution in [3.8, 4) is 0 Å². The lowest BCUT2D eigenvalue weighted by atomic mass is 9.78. The van der Waals surface area contributed by atoms with E-state index in [0.717, 1.165) is 19.3 Å². The van der Waals surface area contributed by atoms with Gasteiger partial charge in [0.25, 0.3) is 0 Å². The second-order valence-corrected chi connectivity index (χ2v) is 4.86. The molecule has 2 N–H and O–H groups in total. The minimum absolute atomic E-state index is 0.0869. The quantitative estimate of drug-likeness (QED) is 0.651. The van der Waals surface area contributed by atoms with Crippen molar-refractivity contribution in [1.82, 2.24) is 10.2 Å². The lowest BCUT2D eigenvalue weighted by molar-refractivity contribution is -0.140. The van der Waals surface area contributed by atoms with Crippen LogP contribution in [0.2, 0.25) is 0 Å². The molecule has 0 radical (unpaired) electrons. The first-order valence-corrected chi connectivity index (χ1v) is 5.88. The number of hydrogen-bond acceptors (Lipinski definition) is 2. The smallest absolute Gasteiger partial charge is 0.408 e. The Morgan fingerprint density at radius 2 is 2.06 bits per heavy atom. The van der Waals surface area contributed by atoms with Crippen molar-refractivity contribution < 1.29 is 14.7 Å². The van der Waals surface area contributed by atoms with Crippen molar-refractivity contribution in [3.63, 3.8) is 0 Å². The highest BCUT2D eigenvalue weighted by atomic mass is 16.4. The van der Waals surface area contributed by atoms with Crippen LogP contribution >= 0.6 is 0 Å². The second-order valence-electron chi connectivity index (χ2n) is 4.86. The van der Waals surface area contributed by atoms with Gasteiger partial charge in [-0.05, 0) is 19.8 Å². The average Bonchev–Trinajstić information content (AvgIpc) is 2.25. The van der Waals surface area contributed by atoms with Gasteiger partial charge in [0.15, 0.2) is 0 Å². The maximum atomic E-state index is 12.1. The summed E-state index contributed by atoms with van der Waals surface area (Å²) in [5, 5.41) is 12.1. The third-order valence-electron chi connectivity index (χ3n) is 3.68. The van der Waals surface area contributed by atoms with E-state index in [4.69, 9.17) is 0 Å². The molecule has 1 unspecified atom stereocenters. The molecule has 16 heavy (non-hydrogen) atoms. The van der Waals surface area contributed by atoms with E-state index in [2.05, 4.69) is 5.32 Å². The number of hydrogen-bond donors (Lipinski definition) is 2. The summed E-state index contributed by atoms with van der Waals surface area (Å²) in [6, 6.07) is -0.0869. The Balaban J connectivity index is 2.29. The van der Waals surface area contributed by atoms with E-state index < -0.39 is 11.6 Å². The van der Waals surface area contributed by atoms with E-state index in [0.29, 0.717) is 19.4 Å². The molecule has 2 rings (SSSR count). The summed E-state index contributed by atoms with van der Waals surface area (Å²) in [6.45, 7) is 2.24. The van der Waals surface area contributed by atoms with E-state index in [-0.39, 0.29) is 11.9 Å². The second kappa shape index (κ2) is 3.96. The van der Waals surface area contributed by atoms with Crippen LogP contribution in [-0.4, -0.2) is 40.1 Å². The van der Waals surface area contributed by atoms with Crippen molar-refractivity contribution >= 4 is 12.0 Å². The number of rotatable bonds is 0. The molecule has 1 saturated carbocycles. The number of carbonyl (C=O) groups is 2. The molecular formula is C11H18N2O3. The molecule has 5 nitrogen and oxygen atoms in total. The monoisotopic (exact) mass is 226 g/mol. The molecule has 0 aromatic rings. The Labute approximate surface area is 94.8 Å². The van der Waals surface area contributed by atoms with Crippen molar-refractivity contribution in [2.45, 2.75) is 50.6 Å². The maximum Gasteiger partial charge on any atom is 0.408 e. The molecule has 5 heteroatoms. The molecule has 1 atom stereocenters. The molecule has 1 aliphatic heterocycles. The van der Waals surface area contributed by atoms with Gasteiger partial charge >= 0.3 is 6.09 Å². The Bertz CT molecular complexity index is 310. The van der Waals surface area contributed by atoms with Gasteiger partial charge in [-0.25, -0.2) is 4.79 Å². The summed E-state index contributed by atoms with van der Waals surface area (Å²) >= 11 is 0. The van der Waals surface area contributed by atoms with Crippen molar-refractivity contribution in [2.24, 2.45) is 0 Å². The van der Waals surface area contributed by atoms with Gasteiger partial charge < -0.3 is 10.4 Å². The third kappa shape index (κ3) is 1.64. The lowest BCUT2D eigenvalue weighted by Crippen LogP contribution is -2.69. The van der Waals surface area contributed by atoms with Crippen molar-refractivity contribution in [2.75, 3.05) is 6.54 Å². The SMILES string of the molecule is CC1CN(C(=O)O)C2(CCCCC2)C(=O)N1. The number of amides is 2. The summed E-state index contributed by atoms with van der Waals surface area (Å²) in [6.07, 6.45) is 3.33. The van der Waals surface area contributed by atoms with Crippen LogP contribution in [0.15, 0.2) is 0 Å². The van der Waals surface area contributed by atoms with Crippen LogP contribution in [0.3, 0.4) is 0 Å². The molecule has 2 amide bonds. The predicted molar refractivity (Wildman–Crippen MR) is 58.2 cm³/mol. The Kier molecular flexibility index (Phi) is 2.78. The zero-order valence-electron chi connectivity index (χ0n) is 9.53. The fourth-order valence-corrected chi connectivity index (χ4v) is 2.87. The molecule has 1 heterocycles. The Morgan fingerprint density at radius 3 is 2.62 bits per heavy atom. The summed E-state index contributed by atoms with van der Waals surface area (Å²) in [4.78, 5) is 24.7. The van der Waals surface area contributed by atoms with E-state index in [9.17, 15) is 14.7 Å². The third-order valence-corrected chi connectivity index (χ3v) is 3.68. The normalized spacial score (nSPS) is 28.9. The zero-order valence-corrected chi connectivity index (χ0v) is 9.53. The van der Waals surface area contributed by atoms with Gasteiger partial charge in [0.05, 0.1) is 0 Å². The molecular weight excluding hydrogens is 208 g/mol. The molecule has 0 aromatic carbocycles. The van der Waals surface area contributed by atoms with Gasteiger partial charge in [-0.3, -0.25) is 9.69 Å². The van der Waals surface area contributed by atoms with Gasteiger partial charge in [0.2, 0.25) is 5.91 Å². The van der Waals surface area contributed by atoms with E-state index >= 15 is 0 Å². The molecule has 2 fully saturated rings. The molecule has 1 spiro atoms. The molecule has 1 aliphatic carbocycles. The number of nitrogens with one attached hydrogen (secondary N) is 1. The zero-order chi connectivity index (χ0) is 11.8. The van der Waals surface area contributed by atoms with Crippen LogP contribution in [-0.2, 0) is 4.79 Å². The first-order valence-electron chi connectivity index (χ1n) is 5.88. The first-order chi connectivity index (χ1) is 7.56. The predicted octanol–water partition coefficient (Wildman–Crippen LogP) is 1.19. The van der Waals surface area contributed by atoms with E-state index in [1.807, 2.05) is 6.92 Å². The van der Waals surface area contributed by atoms with Gasteiger partial charge in [-0.15, -0.1) is 0 Å². The highest BCUT2D eigenvalue weighted by Gasteiger charge is 2.50. The van der Waals surface area contributed by atoms with E-state index in [1.54, 1.807) is 0 Å². The molecule has 90 valence electrons. The van der Waals surface area contributed by atoms with Crippen LogP contribution in [0, 0.1) is 0 Å². The Morgan fingerprint density at radius 1 is 1.44 bits per heavy atom. The standard InChI is InChI=1S/C11H18N2O3/c1-8-7-13(10(15)16)11(9(14)12-8)5-3-2-4-6-11/h8H,2-7H2,1H3,(H,12,14)(H,15,16). The summed E-state index contributed by atoms with van der Waals surface area (Å²) in [5.74, 6) is -0.103. The minimum atomic E-state index is -0.969. The summed E-state index contributed by atoms with van der Waals surface area (Å²) < 4.78 is 0. The van der Waals surface area contributed by atoms with Crippen molar-refractivity contribution in [3.05, 3.63) is 0 Å². The minimum Gasteiger partial charge on any atom is -0.465 e. The fraction of sp³-hybridized carbons (Fsp3) is 0.818. The van der Waals surface area contributed by atoms with Crippen LogP contribution in [0.4, 0.5) is 4.79 Å². The number of carboxylic acid groups (broad SMARTS) is 1. The largest absolute Gasteiger partial charge is 0.465 e. The van der Waals surface area contributed by atoms with Gasteiger partial charge in [0, 0.05) is 12.6 Å². The van der Waals surface area contributed by atoms with Gasteiger partial charge in [0.1, 0.15) is 5.54 Å². The van der Waals surface area contributed by atoms with Gasteiger partial charge in [-0.1, -0.05) is 19.3 Å². The van der Waals surface area contributed by atoms with Crippen molar-refractivity contribution in [1.29, 1.82) is 0 Å². The number of piperazine rings is 1. The maximum absolute atomic E-state index is 12.1. The average molecular weight is 226 g/mol. The van der Waals surface area contributed by atoms with E-state index in [1.165, 1.54) is 4.90 Å².